The summed E-state index contributed by atoms with van der Waals surface area (Å²) in [6.45, 7) is 0. The SMILES string of the molecule is N#Cc1ccc2oc3ccc(-n4c5ccccc5c5c6c(ccc54)[Si](c4ccccc4)(c4ccccc4)c4ccccc4N6)cc3c2c1. The molecule has 224 valence electrons. The van der Waals surface area contributed by atoms with Gasteiger partial charge in [0, 0.05) is 38.6 Å². The molecule has 0 radical (unpaired) electrons. The van der Waals surface area contributed by atoms with Crippen molar-refractivity contribution in [3.63, 3.8) is 0 Å². The largest absolute Gasteiger partial charge is 0.456 e. The molecule has 0 atom stereocenters. The lowest BCUT2D eigenvalue weighted by Gasteiger charge is -2.40. The van der Waals surface area contributed by atoms with Gasteiger partial charge in [-0.05, 0) is 75.3 Å². The third-order valence-electron chi connectivity index (χ3n) is 10.1. The van der Waals surface area contributed by atoms with Gasteiger partial charge in [-0.3, -0.25) is 0 Å². The second kappa shape index (κ2) is 10.1. The average molecular weight is 630 g/mol. The van der Waals surface area contributed by atoms with Crippen molar-refractivity contribution in [1.82, 2.24) is 4.57 Å². The highest BCUT2D eigenvalue weighted by Gasteiger charge is 2.47. The average Bonchev–Trinajstić information content (AvgIpc) is 3.69. The predicted molar refractivity (Wildman–Crippen MR) is 200 cm³/mol. The normalized spacial score (nSPS) is 13.3. The number of fused-ring (bicyclic) bond motifs is 9. The van der Waals surface area contributed by atoms with Gasteiger partial charge in [0.15, 0.2) is 8.07 Å². The number of aromatic nitrogens is 1. The first-order chi connectivity index (χ1) is 23.8. The number of nitriles is 1. The topological polar surface area (TPSA) is 53.9 Å². The van der Waals surface area contributed by atoms with E-state index in [1.807, 2.05) is 18.2 Å². The molecule has 7 aromatic carbocycles. The fourth-order valence-electron chi connectivity index (χ4n) is 8.12. The molecule has 0 spiro atoms. The summed E-state index contributed by atoms with van der Waals surface area (Å²) in [4.78, 5) is 0. The minimum atomic E-state index is -2.73. The number of anilines is 2. The number of hydrogen-bond acceptors (Lipinski definition) is 3. The van der Waals surface area contributed by atoms with Crippen LogP contribution in [0.4, 0.5) is 11.4 Å². The Morgan fingerprint density at radius 2 is 1.23 bits per heavy atom. The molecule has 3 heterocycles. The van der Waals surface area contributed by atoms with Crippen molar-refractivity contribution < 1.29 is 4.42 Å². The van der Waals surface area contributed by atoms with Crippen LogP contribution >= 0.6 is 0 Å². The van der Waals surface area contributed by atoms with E-state index in [2.05, 4.69) is 149 Å². The monoisotopic (exact) mass is 629 g/mol. The van der Waals surface area contributed by atoms with E-state index in [1.54, 1.807) is 6.07 Å². The lowest BCUT2D eigenvalue weighted by molar-refractivity contribution is 0.669. The standard InChI is InChI=1S/C43H27N3OSi/c44-27-28-19-22-38-33(25-28)34-26-29(20-23-39(34)47-38)46-36-17-9-7-15-32(36)42-37(46)21-24-41-43(42)45-35-16-8-10-18-40(35)48(41,30-11-3-1-4-12-30)31-13-5-2-6-14-31/h1-26,45H. The number of benzene rings is 7. The fourth-order valence-corrected chi connectivity index (χ4v) is 13.2. The van der Waals surface area contributed by atoms with Crippen LogP contribution in [0.2, 0.25) is 0 Å². The van der Waals surface area contributed by atoms with Gasteiger partial charge in [0.25, 0.3) is 0 Å². The van der Waals surface area contributed by atoms with Crippen LogP contribution in [0.15, 0.2) is 162 Å². The van der Waals surface area contributed by atoms with Crippen molar-refractivity contribution in [1.29, 1.82) is 5.26 Å². The molecule has 1 aliphatic rings. The highest BCUT2D eigenvalue weighted by Crippen LogP contribution is 2.40. The minimum absolute atomic E-state index is 0.620. The van der Waals surface area contributed by atoms with Gasteiger partial charge in [-0.25, -0.2) is 0 Å². The second-order valence-corrected chi connectivity index (χ2v) is 16.2. The highest BCUT2D eigenvalue weighted by atomic mass is 28.3. The van der Waals surface area contributed by atoms with Crippen molar-refractivity contribution in [3.05, 3.63) is 163 Å². The summed E-state index contributed by atoms with van der Waals surface area (Å²) in [5, 5.41) is 23.4. The number of furan rings is 1. The fraction of sp³-hybridized carbons (Fsp3) is 0. The molecule has 0 saturated heterocycles. The van der Waals surface area contributed by atoms with Gasteiger partial charge in [0.2, 0.25) is 0 Å². The van der Waals surface area contributed by atoms with Gasteiger partial charge in [-0.1, -0.05) is 103 Å². The summed E-state index contributed by atoms with van der Waals surface area (Å²) >= 11 is 0. The molecule has 0 amide bonds. The zero-order valence-corrected chi connectivity index (χ0v) is 26.8. The zero-order valence-electron chi connectivity index (χ0n) is 25.8. The molecule has 0 unspecified atom stereocenters. The molecule has 2 aromatic heterocycles. The van der Waals surface area contributed by atoms with Crippen molar-refractivity contribution in [2.75, 3.05) is 5.32 Å². The minimum Gasteiger partial charge on any atom is -0.456 e. The first-order valence-electron chi connectivity index (χ1n) is 16.2. The maximum Gasteiger partial charge on any atom is 0.184 e. The Morgan fingerprint density at radius 1 is 0.562 bits per heavy atom. The van der Waals surface area contributed by atoms with Crippen LogP contribution in [0.25, 0.3) is 49.4 Å². The maximum absolute atomic E-state index is 9.60. The number of nitrogens with zero attached hydrogens (tertiary/aromatic N) is 2. The number of para-hydroxylation sites is 2. The van der Waals surface area contributed by atoms with Gasteiger partial charge in [0.05, 0.1) is 22.7 Å². The van der Waals surface area contributed by atoms with Crippen LogP contribution in [-0.4, -0.2) is 12.6 Å². The third-order valence-corrected chi connectivity index (χ3v) is 15.0. The highest BCUT2D eigenvalue weighted by molar-refractivity contribution is 7.21. The summed E-state index contributed by atoms with van der Waals surface area (Å²) in [5.74, 6) is 0. The van der Waals surface area contributed by atoms with Crippen molar-refractivity contribution in [2.24, 2.45) is 0 Å². The number of hydrogen-bond donors (Lipinski definition) is 1. The Morgan fingerprint density at radius 3 is 2.00 bits per heavy atom. The smallest absolute Gasteiger partial charge is 0.184 e. The van der Waals surface area contributed by atoms with Crippen LogP contribution in [0.5, 0.6) is 0 Å². The summed E-state index contributed by atoms with van der Waals surface area (Å²) in [5.41, 5.74) is 7.86. The van der Waals surface area contributed by atoms with Crippen molar-refractivity contribution in [2.45, 2.75) is 0 Å². The van der Waals surface area contributed by atoms with Gasteiger partial charge < -0.3 is 14.3 Å². The lowest BCUT2D eigenvalue weighted by Crippen LogP contribution is -2.76. The molecule has 0 aliphatic carbocycles. The van der Waals surface area contributed by atoms with Crippen LogP contribution in [0.1, 0.15) is 5.56 Å². The van der Waals surface area contributed by atoms with Gasteiger partial charge >= 0.3 is 0 Å². The van der Waals surface area contributed by atoms with Gasteiger partial charge in [-0.2, -0.15) is 5.26 Å². The van der Waals surface area contributed by atoms with Crippen LogP contribution < -0.4 is 26.1 Å². The van der Waals surface area contributed by atoms with E-state index >= 15 is 0 Å². The Bertz CT molecular complexity index is 2730. The van der Waals surface area contributed by atoms with Crippen LogP contribution in [0.3, 0.4) is 0 Å². The first kappa shape index (κ1) is 26.8. The summed E-state index contributed by atoms with van der Waals surface area (Å²) in [6, 6.07) is 58.8. The zero-order chi connectivity index (χ0) is 31.8. The summed E-state index contributed by atoms with van der Waals surface area (Å²) in [6.07, 6.45) is 0. The van der Waals surface area contributed by atoms with E-state index in [9.17, 15) is 5.26 Å². The van der Waals surface area contributed by atoms with Crippen LogP contribution in [-0.2, 0) is 0 Å². The molecule has 0 fully saturated rings. The lowest BCUT2D eigenvalue weighted by atomic mass is 10.1. The summed E-state index contributed by atoms with van der Waals surface area (Å²) in [7, 11) is -2.73. The molecular formula is C43H27N3OSi. The molecule has 4 nitrogen and oxygen atoms in total. The van der Waals surface area contributed by atoms with E-state index in [1.165, 1.54) is 37.2 Å². The molecular weight excluding hydrogens is 603 g/mol. The van der Waals surface area contributed by atoms with Crippen LogP contribution in [0, 0.1) is 11.3 Å². The Hall–Kier alpha value is -6.35. The predicted octanol–water partition coefficient (Wildman–Crippen LogP) is 7.99. The number of rotatable bonds is 3. The Kier molecular flexibility index (Phi) is 5.63. The summed E-state index contributed by atoms with van der Waals surface area (Å²) < 4.78 is 8.56. The molecule has 48 heavy (non-hydrogen) atoms. The Labute approximate surface area is 277 Å². The quantitative estimate of drug-likeness (QED) is 0.202. The van der Waals surface area contributed by atoms with Crippen molar-refractivity contribution >= 4 is 83.9 Å². The van der Waals surface area contributed by atoms with E-state index < -0.39 is 8.07 Å². The maximum atomic E-state index is 9.60. The van der Waals surface area contributed by atoms with Gasteiger partial charge in [-0.15, -0.1) is 0 Å². The third kappa shape index (κ3) is 3.58. The Balaban J connectivity index is 1.32. The van der Waals surface area contributed by atoms with E-state index in [4.69, 9.17) is 4.42 Å². The molecule has 0 bridgehead atoms. The van der Waals surface area contributed by atoms with Gasteiger partial charge in [0.1, 0.15) is 11.2 Å². The second-order valence-electron chi connectivity index (χ2n) is 12.5. The molecule has 9 aromatic rings. The molecule has 5 heteroatoms. The van der Waals surface area contributed by atoms with Crippen molar-refractivity contribution in [3.8, 4) is 11.8 Å². The molecule has 10 rings (SSSR count). The molecule has 0 saturated carbocycles. The van der Waals surface area contributed by atoms with E-state index in [-0.39, 0.29) is 0 Å². The first-order valence-corrected chi connectivity index (χ1v) is 18.2. The number of nitrogens with one attached hydrogen (secondary N) is 1. The molecule has 1 aliphatic heterocycles. The molecule has 1 N–H and O–H groups in total. The van der Waals surface area contributed by atoms with E-state index in [0.717, 1.165) is 44.3 Å². The van der Waals surface area contributed by atoms with E-state index in [0.29, 0.717) is 5.56 Å².